The third-order valence-corrected chi connectivity index (χ3v) is 3.79. The first-order valence-electron chi connectivity index (χ1n) is 6.82. The van der Waals surface area contributed by atoms with Gasteiger partial charge in [0.1, 0.15) is 5.75 Å². The topological polar surface area (TPSA) is 58.6 Å². The summed E-state index contributed by atoms with van der Waals surface area (Å²) in [7, 11) is 0. The average molecular weight is 263 g/mol. The van der Waals surface area contributed by atoms with Gasteiger partial charge in [0, 0.05) is 0 Å². The minimum absolute atomic E-state index is 0.594. The van der Waals surface area contributed by atoms with E-state index in [0.29, 0.717) is 25.9 Å². The molecule has 4 nitrogen and oxygen atoms in total. The van der Waals surface area contributed by atoms with Gasteiger partial charge in [-0.3, -0.25) is 4.79 Å². The molecule has 0 bridgehead atoms. The van der Waals surface area contributed by atoms with Crippen LogP contribution in [0.2, 0.25) is 0 Å². The summed E-state index contributed by atoms with van der Waals surface area (Å²) in [5, 5.41) is 12.8. The van der Waals surface area contributed by atoms with Gasteiger partial charge in [-0.1, -0.05) is 12.1 Å². The summed E-state index contributed by atoms with van der Waals surface area (Å²) >= 11 is 0. The minimum Gasteiger partial charge on any atom is -0.494 e. The molecule has 1 heterocycles. The maximum Gasteiger partial charge on any atom is 0.310 e. The zero-order valence-corrected chi connectivity index (χ0v) is 11.3. The number of benzene rings is 1. The molecule has 4 heteroatoms. The van der Waals surface area contributed by atoms with Gasteiger partial charge < -0.3 is 15.2 Å². The molecular formula is C15H21NO3. The molecule has 1 aromatic rings. The third-order valence-electron chi connectivity index (χ3n) is 3.79. The zero-order valence-electron chi connectivity index (χ0n) is 11.3. The number of piperidine rings is 1. The molecule has 1 saturated heterocycles. The number of hydrogen-bond donors (Lipinski definition) is 2. The Labute approximate surface area is 113 Å². The molecule has 19 heavy (non-hydrogen) atoms. The van der Waals surface area contributed by atoms with Crippen molar-refractivity contribution in [2.75, 3.05) is 19.7 Å². The summed E-state index contributed by atoms with van der Waals surface area (Å²) in [5.41, 5.74) is 0.450. The van der Waals surface area contributed by atoms with E-state index in [1.807, 2.05) is 31.2 Å². The van der Waals surface area contributed by atoms with Gasteiger partial charge in [0.15, 0.2) is 0 Å². The summed E-state index contributed by atoms with van der Waals surface area (Å²) < 4.78 is 5.40. The fourth-order valence-corrected chi connectivity index (χ4v) is 2.63. The van der Waals surface area contributed by atoms with E-state index in [4.69, 9.17) is 4.74 Å². The number of rotatable bonds is 5. The molecule has 1 aliphatic heterocycles. The van der Waals surface area contributed by atoms with Crippen molar-refractivity contribution in [1.82, 2.24) is 5.32 Å². The SMILES string of the molecule is CCOc1ccc(CC2(C(=O)O)CCNCC2)cc1. The second kappa shape index (κ2) is 6.06. The molecule has 2 rings (SSSR count). The first kappa shape index (κ1) is 13.9. The maximum atomic E-state index is 11.6. The van der Waals surface area contributed by atoms with Gasteiger partial charge in [0.25, 0.3) is 0 Å². The van der Waals surface area contributed by atoms with Crippen LogP contribution < -0.4 is 10.1 Å². The lowest BCUT2D eigenvalue weighted by molar-refractivity contribution is -0.150. The number of carboxylic acid groups (broad SMARTS) is 1. The van der Waals surface area contributed by atoms with E-state index in [1.54, 1.807) is 0 Å². The Kier molecular flexibility index (Phi) is 4.43. The molecule has 0 atom stereocenters. The van der Waals surface area contributed by atoms with Crippen molar-refractivity contribution in [3.8, 4) is 5.75 Å². The monoisotopic (exact) mass is 263 g/mol. The lowest BCUT2D eigenvalue weighted by Gasteiger charge is -2.33. The van der Waals surface area contributed by atoms with Crippen molar-refractivity contribution in [1.29, 1.82) is 0 Å². The number of aliphatic carboxylic acids is 1. The standard InChI is InChI=1S/C15H21NO3/c1-2-19-13-5-3-12(4-6-13)11-15(14(17)18)7-9-16-10-8-15/h3-6,16H,2,7-11H2,1H3,(H,17,18). The Balaban J connectivity index is 2.10. The number of carbonyl (C=O) groups is 1. The fraction of sp³-hybridized carbons (Fsp3) is 0.533. The van der Waals surface area contributed by atoms with Crippen LogP contribution in [0.1, 0.15) is 25.3 Å². The highest BCUT2D eigenvalue weighted by Gasteiger charge is 2.39. The first-order chi connectivity index (χ1) is 9.16. The van der Waals surface area contributed by atoms with E-state index >= 15 is 0 Å². The van der Waals surface area contributed by atoms with Crippen molar-refractivity contribution in [2.24, 2.45) is 5.41 Å². The van der Waals surface area contributed by atoms with Crippen LogP contribution in [0.25, 0.3) is 0 Å². The first-order valence-corrected chi connectivity index (χ1v) is 6.82. The van der Waals surface area contributed by atoms with Gasteiger partial charge in [-0.2, -0.15) is 0 Å². The summed E-state index contributed by atoms with van der Waals surface area (Å²) in [6.45, 7) is 4.15. The molecule has 0 amide bonds. The smallest absolute Gasteiger partial charge is 0.310 e. The molecule has 0 aromatic heterocycles. The average Bonchev–Trinajstić information content (AvgIpc) is 2.42. The Hall–Kier alpha value is -1.55. The Morgan fingerprint density at radius 1 is 1.32 bits per heavy atom. The fourth-order valence-electron chi connectivity index (χ4n) is 2.63. The van der Waals surface area contributed by atoms with Gasteiger partial charge in [-0.05, 0) is 57.0 Å². The molecule has 0 unspecified atom stereocenters. The summed E-state index contributed by atoms with van der Waals surface area (Å²) in [4.78, 5) is 11.6. The van der Waals surface area contributed by atoms with Crippen LogP contribution in [0, 0.1) is 5.41 Å². The highest BCUT2D eigenvalue weighted by Crippen LogP contribution is 2.33. The lowest BCUT2D eigenvalue weighted by atomic mass is 9.74. The Morgan fingerprint density at radius 2 is 1.95 bits per heavy atom. The predicted octanol–water partition coefficient (Wildman–Crippen LogP) is 2.08. The molecule has 0 aliphatic carbocycles. The van der Waals surface area contributed by atoms with Crippen LogP contribution in [0.15, 0.2) is 24.3 Å². The van der Waals surface area contributed by atoms with Gasteiger partial charge in [0.2, 0.25) is 0 Å². The van der Waals surface area contributed by atoms with Crippen molar-refractivity contribution in [3.63, 3.8) is 0 Å². The van der Waals surface area contributed by atoms with E-state index < -0.39 is 11.4 Å². The van der Waals surface area contributed by atoms with Gasteiger partial charge >= 0.3 is 5.97 Å². The van der Waals surface area contributed by atoms with Gasteiger partial charge in [-0.15, -0.1) is 0 Å². The van der Waals surface area contributed by atoms with Crippen LogP contribution in [0.4, 0.5) is 0 Å². The van der Waals surface area contributed by atoms with E-state index in [9.17, 15) is 9.90 Å². The summed E-state index contributed by atoms with van der Waals surface area (Å²) in [6, 6.07) is 7.76. The Bertz CT molecular complexity index is 422. The zero-order chi connectivity index (χ0) is 13.7. The van der Waals surface area contributed by atoms with Gasteiger partial charge in [-0.25, -0.2) is 0 Å². The van der Waals surface area contributed by atoms with Crippen molar-refractivity contribution >= 4 is 5.97 Å². The highest BCUT2D eigenvalue weighted by molar-refractivity contribution is 5.75. The van der Waals surface area contributed by atoms with Crippen LogP contribution in [-0.4, -0.2) is 30.8 Å². The molecule has 1 aromatic carbocycles. The molecule has 1 aliphatic rings. The van der Waals surface area contributed by atoms with Crippen molar-refractivity contribution in [3.05, 3.63) is 29.8 Å². The molecule has 0 radical (unpaired) electrons. The number of carboxylic acids is 1. The van der Waals surface area contributed by atoms with E-state index in [1.165, 1.54) is 0 Å². The number of hydrogen-bond acceptors (Lipinski definition) is 3. The quantitative estimate of drug-likeness (QED) is 0.854. The predicted molar refractivity (Wildman–Crippen MR) is 73.5 cm³/mol. The lowest BCUT2D eigenvalue weighted by Crippen LogP contribution is -2.43. The summed E-state index contributed by atoms with van der Waals surface area (Å²) in [6.07, 6.45) is 1.97. The van der Waals surface area contributed by atoms with E-state index in [-0.39, 0.29) is 0 Å². The molecular weight excluding hydrogens is 242 g/mol. The summed E-state index contributed by atoms with van der Waals surface area (Å²) in [5.74, 6) is 0.156. The Morgan fingerprint density at radius 3 is 2.47 bits per heavy atom. The van der Waals surface area contributed by atoms with E-state index in [2.05, 4.69) is 5.32 Å². The molecule has 2 N–H and O–H groups in total. The second-order valence-electron chi connectivity index (χ2n) is 5.09. The number of nitrogens with one attached hydrogen (secondary N) is 1. The highest BCUT2D eigenvalue weighted by atomic mass is 16.5. The molecule has 0 spiro atoms. The largest absolute Gasteiger partial charge is 0.494 e. The minimum atomic E-state index is -0.678. The normalized spacial score (nSPS) is 17.9. The van der Waals surface area contributed by atoms with Crippen LogP contribution >= 0.6 is 0 Å². The van der Waals surface area contributed by atoms with E-state index in [0.717, 1.165) is 24.4 Å². The molecule has 104 valence electrons. The maximum absolute atomic E-state index is 11.6. The van der Waals surface area contributed by atoms with Crippen molar-refractivity contribution in [2.45, 2.75) is 26.2 Å². The van der Waals surface area contributed by atoms with Crippen molar-refractivity contribution < 1.29 is 14.6 Å². The van der Waals surface area contributed by atoms with Crippen LogP contribution in [0.3, 0.4) is 0 Å². The molecule has 1 fully saturated rings. The third kappa shape index (κ3) is 3.26. The van der Waals surface area contributed by atoms with Gasteiger partial charge in [0.05, 0.1) is 12.0 Å². The van der Waals surface area contributed by atoms with Crippen LogP contribution in [-0.2, 0) is 11.2 Å². The second-order valence-corrected chi connectivity index (χ2v) is 5.09. The van der Waals surface area contributed by atoms with Crippen LogP contribution in [0.5, 0.6) is 5.75 Å². The number of ether oxygens (including phenoxy) is 1. The molecule has 0 saturated carbocycles.